The Labute approximate surface area is 155 Å². The fourth-order valence-electron chi connectivity index (χ4n) is 3.18. The number of nitrogens with zero attached hydrogens (tertiary/aromatic N) is 4. The van der Waals surface area contributed by atoms with E-state index in [2.05, 4.69) is 27.1 Å². The van der Waals surface area contributed by atoms with Crippen molar-refractivity contribution in [3.8, 4) is 16.9 Å². The Hall–Kier alpha value is -2.40. The summed E-state index contributed by atoms with van der Waals surface area (Å²) in [5, 5.41) is 4.23. The van der Waals surface area contributed by atoms with Gasteiger partial charge in [-0.05, 0) is 43.6 Å². The standard InChI is InChI=1S/C19H22N4O.C2H6/c1-2-10-22(11-3-1)12-13-24-18-6-4-16(5-7-18)17-14-20-19-8-9-21-23(19)15-17;1-2/h4-9,14-15H,1-3,10-13H2;1-2H3. The van der Waals surface area contributed by atoms with Crippen LogP contribution >= 0.6 is 0 Å². The monoisotopic (exact) mass is 352 g/mol. The summed E-state index contributed by atoms with van der Waals surface area (Å²) in [6.07, 6.45) is 9.65. The summed E-state index contributed by atoms with van der Waals surface area (Å²) >= 11 is 0. The van der Waals surface area contributed by atoms with Crippen LogP contribution < -0.4 is 4.74 Å². The summed E-state index contributed by atoms with van der Waals surface area (Å²) in [5.74, 6) is 0.920. The predicted molar refractivity (Wildman–Crippen MR) is 106 cm³/mol. The van der Waals surface area contributed by atoms with Crippen LogP contribution in [0.25, 0.3) is 16.8 Å². The third kappa shape index (κ3) is 4.61. The predicted octanol–water partition coefficient (Wildman–Crippen LogP) is 4.29. The van der Waals surface area contributed by atoms with Crippen molar-refractivity contribution in [2.75, 3.05) is 26.2 Å². The first-order valence-corrected chi connectivity index (χ1v) is 9.63. The smallest absolute Gasteiger partial charge is 0.154 e. The molecular formula is C21H28N4O. The van der Waals surface area contributed by atoms with Crippen molar-refractivity contribution in [1.82, 2.24) is 19.5 Å². The first-order chi connectivity index (χ1) is 12.9. The van der Waals surface area contributed by atoms with Gasteiger partial charge in [0.05, 0.1) is 6.20 Å². The van der Waals surface area contributed by atoms with E-state index in [-0.39, 0.29) is 0 Å². The zero-order chi connectivity index (χ0) is 18.2. The van der Waals surface area contributed by atoms with Crippen molar-refractivity contribution >= 4 is 5.65 Å². The van der Waals surface area contributed by atoms with Crippen LogP contribution in [0.2, 0.25) is 0 Å². The van der Waals surface area contributed by atoms with Crippen molar-refractivity contribution in [2.24, 2.45) is 0 Å². The molecule has 1 saturated heterocycles. The van der Waals surface area contributed by atoms with Crippen LogP contribution in [0, 0.1) is 0 Å². The summed E-state index contributed by atoms with van der Waals surface area (Å²) in [7, 11) is 0. The lowest BCUT2D eigenvalue weighted by molar-refractivity contribution is 0.183. The SMILES string of the molecule is CC.c1cc2ncc(-c3ccc(OCCN4CCCCC4)cc3)cn2n1. The number of ether oxygens (including phenoxy) is 1. The second-order valence-corrected chi connectivity index (χ2v) is 6.25. The summed E-state index contributed by atoms with van der Waals surface area (Å²) < 4.78 is 7.67. The van der Waals surface area contributed by atoms with Gasteiger partial charge in [-0.1, -0.05) is 32.4 Å². The van der Waals surface area contributed by atoms with Crippen LogP contribution in [-0.4, -0.2) is 45.7 Å². The van der Waals surface area contributed by atoms with E-state index in [1.165, 1.54) is 32.4 Å². The van der Waals surface area contributed by atoms with E-state index in [0.29, 0.717) is 0 Å². The Kier molecular flexibility index (Phi) is 6.61. The van der Waals surface area contributed by atoms with Gasteiger partial charge in [-0.25, -0.2) is 9.50 Å². The van der Waals surface area contributed by atoms with Crippen LogP contribution in [0.15, 0.2) is 48.9 Å². The number of benzene rings is 1. The van der Waals surface area contributed by atoms with Gasteiger partial charge in [-0.3, -0.25) is 4.90 Å². The molecule has 5 nitrogen and oxygen atoms in total. The van der Waals surface area contributed by atoms with Crippen molar-refractivity contribution < 1.29 is 4.74 Å². The van der Waals surface area contributed by atoms with Gasteiger partial charge < -0.3 is 4.74 Å². The van der Waals surface area contributed by atoms with Gasteiger partial charge in [-0.15, -0.1) is 0 Å². The average molecular weight is 352 g/mol. The Morgan fingerprint density at radius 1 is 0.962 bits per heavy atom. The van der Waals surface area contributed by atoms with Gasteiger partial charge in [0.2, 0.25) is 0 Å². The molecule has 26 heavy (non-hydrogen) atoms. The van der Waals surface area contributed by atoms with Crippen LogP contribution in [0.3, 0.4) is 0 Å². The van der Waals surface area contributed by atoms with Crippen molar-refractivity contribution in [3.05, 3.63) is 48.9 Å². The molecule has 0 saturated carbocycles. The molecule has 1 aromatic carbocycles. The number of hydrogen-bond acceptors (Lipinski definition) is 4. The minimum atomic E-state index is 0.750. The lowest BCUT2D eigenvalue weighted by Crippen LogP contribution is -2.33. The number of hydrogen-bond donors (Lipinski definition) is 0. The zero-order valence-corrected chi connectivity index (χ0v) is 15.8. The Bertz CT molecular complexity index is 791. The van der Waals surface area contributed by atoms with Crippen molar-refractivity contribution in [2.45, 2.75) is 33.1 Å². The molecule has 3 heterocycles. The molecule has 0 unspecified atom stereocenters. The van der Waals surface area contributed by atoms with E-state index >= 15 is 0 Å². The van der Waals surface area contributed by atoms with Crippen LogP contribution in [-0.2, 0) is 0 Å². The number of fused-ring (bicyclic) bond motifs is 1. The number of aromatic nitrogens is 3. The molecule has 5 heteroatoms. The van der Waals surface area contributed by atoms with Gasteiger partial charge in [0.1, 0.15) is 12.4 Å². The van der Waals surface area contributed by atoms with E-state index in [9.17, 15) is 0 Å². The second kappa shape index (κ2) is 9.34. The quantitative estimate of drug-likeness (QED) is 0.687. The fourth-order valence-corrected chi connectivity index (χ4v) is 3.18. The molecule has 0 amide bonds. The minimum absolute atomic E-state index is 0.750. The highest BCUT2D eigenvalue weighted by Gasteiger charge is 2.09. The Balaban J connectivity index is 0.000000948. The van der Waals surface area contributed by atoms with Gasteiger partial charge in [-0.2, -0.15) is 5.10 Å². The highest BCUT2D eigenvalue weighted by Crippen LogP contribution is 2.22. The summed E-state index contributed by atoms with van der Waals surface area (Å²) in [6.45, 7) is 8.19. The molecule has 0 bridgehead atoms. The maximum atomic E-state index is 5.88. The first-order valence-electron chi connectivity index (χ1n) is 9.63. The molecule has 138 valence electrons. The van der Waals surface area contributed by atoms with Crippen LogP contribution in [0.1, 0.15) is 33.1 Å². The normalized spacial score (nSPS) is 14.7. The number of likely N-dealkylation sites (tertiary alicyclic amines) is 1. The van der Waals surface area contributed by atoms with Crippen molar-refractivity contribution in [1.29, 1.82) is 0 Å². The molecule has 2 aromatic heterocycles. The lowest BCUT2D eigenvalue weighted by atomic mass is 10.1. The molecule has 0 atom stereocenters. The topological polar surface area (TPSA) is 42.7 Å². The highest BCUT2D eigenvalue weighted by molar-refractivity contribution is 5.63. The molecule has 1 aliphatic heterocycles. The van der Waals surface area contributed by atoms with Gasteiger partial charge in [0, 0.05) is 30.6 Å². The average Bonchev–Trinajstić information content (AvgIpc) is 3.19. The third-order valence-electron chi connectivity index (χ3n) is 4.56. The number of piperidine rings is 1. The number of rotatable bonds is 5. The molecule has 4 rings (SSSR count). The van der Waals surface area contributed by atoms with E-state index in [1.54, 1.807) is 10.7 Å². The molecule has 0 aliphatic carbocycles. The van der Waals surface area contributed by atoms with E-state index < -0.39 is 0 Å². The van der Waals surface area contributed by atoms with Gasteiger partial charge in [0.25, 0.3) is 0 Å². The van der Waals surface area contributed by atoms with Gasteiger partial charge >= 0.3 is 0 Å². The maximum absolute atomic E-state index is 5.88. The van der Waals surface area contributed by atoms with Gasteiger partial charge in [0.15, 0.2) is 5.65 Å². The zero-order valence-electron chi connectivity index (χ0n) is 15.8. The molecule has 0 spiro atoms. The minimum Gasteiger partial charge on any atom is -0.492 e. The van der Waals surface area contributed by atoms with E-state index in [4.69, 9.17) is 4.74 Å². The summed E-state index contributed by atoms with van der Waals surface area (Å²) in [5.41, 5.74) is 3.02. The first kappa shape index (κ1) is 18.4. The molecule has 0 N–H and O–H groups in total. The van der Waals surface area contributed by atoms with E-state index in [0.717, 1.165) is 35.7 Å². The summed E-state index contributed by atoms with van der Waals surface area (Å²) in [4.78, 5) is 6.89. The second-order valence-electron chi connectivity index (χ2n) is 6.25. The maximum Gasteiger partial charge on any atom is 0.154 e. The summed E-state index contributed by atoms with van der Waals surface area (Å²) in [6, 6.07) is 10.1. The van der Waals surface area contributed by atoms with Crippen LogP contribution in [0.5, 0.6) is 5.75 Å². The largest absolute Gasteiger partial charge is 0.492 e. The molecule has 0 radical (unpaired) electrons. The highest BCUT2D eigenvalue weighted by atomic mass is 16.5. The molecule has 3 aromatic rings. The molecular weight excluding hydrogens is 324 g/mol. The third-order valence-corrected chi connectivity index (χ3v) is 4.56. The fraction of sp³-hybridized carbons (Fsp3) is 0.429. The molecule has 1 fully saturated rings. The van der Waals surface area contributed by atoms with Crippen LogP contribution in [0.4, 0.5) is 0 Å². The lowest BCUT2D eigenvalue weighted by Gasteiger charge is -2.26. The Morgan fingerprint density at radius 3 is 2.50 bits per heavy atom. The van der Waals surface area contributed by atoms with E-state index in [1.807, 2.05) is 44.4 Å². The Morgan fingerprint density at radius 2 is 1.73 bits per heavy atom. The molecule has 1 aliphatic rings. The van der Waals surface area contributed by atoms with Crippen molar-refractivity contribution in [3.63, 3.8) is 0 Å².